The third kappa shape index (κ3) is 9.93. The molecule has 9 N–H and O–H groups in total. The Bertz CT molecular complexity index is 1100. The zero-order valence-electron chi connectivity index (χ0n) is 20.1. The number of nitro benzene ring substituents is 1. The lowest BCUT2D eigenvalue weighted by atomic mass is 10.0. The van der Waals surface area contributed by atoms with Crippen molar-refractivity contribution in [2.75, 3.05) is 6.54 Å². The second kappa shape index (κ2) is 14.1. The van der Waals surface area contributed by atoms with Gasteiger partial charge < -0.3 is 32.9 Å². The van der Waals surface area contributed by atoms with Crippen LogP contribution in [0.2, 0.25) is 0 Å². The van der Waals surface area contributed by atoms with Crippen molar-refractivity contribution in [1.29, 1.82) is 0 Å². The van der Waals surface area contributed by atoms with E-state index in [4.69, 9.17) is 17.2 Å². The Balaban J connectivity index is 2.16. The van der Waals surface area contributed by atoms with E-state index in [9.17, 15) is 29.6 Å². The van der Waals surface area contributed by atoms with E-state index in [1.54, 1.807) is 30.3 Å². The highest BCUT2D eigenvalue weighted by atomic mass is 16.6. The number of carbonyl (C=O) groups excluding carboxylic acids is 2. The lowest BCUT2D eigenvalue weighted by molar-refractivity contribution is -0.384. The number of amides is 2. The van der Waals surface area contributed by atoms with Gasteiger partial charge >= 0.3 is 5.97 Å². The minimum absolute atomic E-state index is 0.0322. The Morgan fingerprint density at radius 2 is 1.49 bits per heavy atom. The minimum Gasteiger partial charge on any atom is -0.480 e. The standard InChI is InChI=1S/C24H31N7O6/c25-18(7-4-12-28-24(26)27)21(32)29-19(13-16-8-10-17(11-9-16)31(36)37)22(33)30-20(23(34)35)14-15-5-2-1-3-6-15/h1-3,5-6,8-11,18-20H,4,7,12-14,25H2,(H,29,32)(H,30,33)(H,34,35)(H4,26,27,28)/t18?,19-,20-/m0/s1. The molecule has 0 saturated carbocycles. The molecule has 0 aliphatic rings. The summed E-state index contributed by atoms with van der Waals surface area (Å²) in [6.07, 6.45) is 0.641. The molecule has 2 amide bonds. The summed E-state index contributed by atoms with van der Waals surface area (Å²) in [4.78, 5) is 51.9. The fourth-order valence-electron chi connectivity index (χ4n) is 3.45. The van der Waals surface area contributed by atoms with Crippen LogP contribution in [0.15, 0.2) is 59.6 Å². The molecule has 13 nitrogen and oxygen atoms in total. The molecular formula is C24H31N7O6. The van der Waals surface area contributed by atoms with E-state index in [0.717, 1.165) is 0 Å². The molecule has 0 aliphatic heterocycles. The summed E-state index contributed by atoms with van der Waals surface area (Å²) in [6.45, 7) is 0.274. The number of carboxylic acid groups (broad SMARTS) is 1. The number of carboxylic acids is 1. The molecule has 37 heavy (non-hydrogen) atoms. The van der Waals surface area contributed by atoms with Crippen molar-refractivity contribution in [2.24, 2.45) is 22.2 Å². The molecule has 0 heterocycles. The fraction of sp³-hybridized carbons (Fsp3) is 0.333. The van der Waals surface area contributed by atoms with Gasteiger partial charge in [-0.2, -0.15) is 0 Å². The van der Waals surface area contributed by atoms with Gasteiger partial charge in [0.2, 0.25) is 11.8 Å². The van der Waals surface area contributed by atoms with E-state index in [1.165, 1.54) is 24.3 Å². The first-order valence-corrected chi connectivity index (χ1v) is 11.5. The van der Waals surface area contributed by atoms with Crippen molar-refractivity contribution in [3.05, 3.63) is 75.8 Å². The Labute approximate surface area is 213 Å². The highest BCUT2D eigenvalue weighted by molar-refractivity contribution is 5.92. The molecular weight excluding hydrogens is 482 g/mol. The van der Waals surface area contributed by atoms with E-state index in [0.29, 0.717) is 17.5 Å². The van der Waals surface area contributed by atoms with Crippen LogP contribution in [0.4, 0.5) is 5.69 Å². The van der Waals surface area contributed by atoms with E-state index in [-0.39, 0.29) is 37.5 Å². The van der Waals surface area contributed by atoms with Gasteiger partial charge in [-0.25, -0.2) is 4.79 Å². The lowest BCUT2D eigenvalue weighted by Gasteiger charge is -2.23. The van der Waals surface area contributed by atoms with E-state index >= 15 is 0 Å². The number of rotatable bonds is 14. The quantitative estimate of drug-likeness (QED) is 0.0645. The molecule has 198 valence electrons. The zero-order chi connectivity index (χ0) is 27.4. The number of carbonyl (C=O) groups is 3. The molecule has 1 unspecified atom stereocenters. The monoisotopic (exact) mass is 513 g/mol. The number of non-ortho nitro benzene ring substituents is 1. The molecule has 2 rings (SSSR count). The molecule has 0 fully saturated rings. The number of nitrogens with one attached hydrogen (secondary N) is 2. The van der Waals surface area contributed by atoms with Crippen molar-refractivity contribution in [3.8, 4) is 0 Å². The number of hydrogen-bond donors (Lipinski definition) is 6. The van der Waals surface area contributed by atoms with E-state index < -0.39 is 40.8 Å². The summed E-state index contributed by atoms with van der Waals surface area (Å²) >= 11 is 0. The number of nitro groups is 1. The summed E-state index contributed by atoms with van der Waals surface area (Å²) in [7, 11) is 0. The molecule has 13 heteroatoms. The van der Waals surface area contributed by atoms with Crippen LogP contribution in [-0.2, 0) is 27.2 Å². The van der Waals surface area contributed by atoms with Gasteiger partial charge in [0.1, 0.15) is 12.1 Å². The van der Waals surface area contributed by atoms with Crippen LogP contribution in [0.5, 0.6) is 0 Å². The lowest BCUT2D eigenvalue weighted by Crippen LogP contribution is -2.55. The highest BCUT2D eigenvalue weighted by Crippen LogP contribution is 2.14. The molecule has 2 aromatic carbocycles. The molecule has 0 spiro atoms. The first kappa shape index (κ1) is 28.7. The predicted molar refractivity (Wildman–Crippen MR) is 136 cm³/mol. The minimum atomic E-state index is -1.25. The average Bonchev–Trinajstić information content (AvgIpc) is 2.86. The average molecular weight is 514 g/mol. The largest absolute Gasteiger partial charge is 0.480 e. The van der Waals surface area contributed by atoms with Crippen LogP contribution >= 0.6 is 0 Å². The van der Waals surface area contributed by atoms with Gasteiger partial charge in [0, 0.05) is 31.5 Å². The van der Waals surface area contributed by atoms with E-state index in [2.05, 4.69) is 15.6 Å². The van der Waals surface area contributed by atoms with Crippen LogP contribution in [0, 0.1) is 10.1 Å². The van der Waals surface area contributed by atoms with Crippen LogP contribution < -0.4 is 27.8 Å². The maximum absolute atomic E-state index is 13.1. The molecule has 0 bridgehead atoms. The second-order valence-corrected chi connectivity index (χ2v) is 8.33. The predicted octanol–water partition coefficient (Wildman–Crippen LogP) is -0.185. The molecule has 2 aromatic rings. The number of aliphatic imine (C=N–C) groups is 1. The molecule has 0 saturated heterocycles. The van der Waals surface area contributed by atoms with Crippen LogP contribution in [-0.4, -0.2) is 58.4 Å². The van der Waals surface area contributed by atoms with Gasteiger partial charge in [0.25, 0.3) is 5.69 Å². The highest BCUT2D eigenvalue weighted by Gasteiger charge is 2.28. The molecule has 0 aliphatic carbocycles. The van der Waals surface area contributed by atoms with Crippen molar-refractivity contribution in [2.45, 2.75) is 43.8 Å². The molecule has 0 aromatic heterocycles. The summed E-state index contributed by atoms with van der Waals surface area (Å²) in [6, 6.07) is 10.8. The fourth-order valence-corrected chi connectivity index (χ4v) is 3.45. The molecule has 0 radical (unpaired) electrons. The number of aliphatic carboxylic acids is 1. The van der Waals surface area contributed by atoms with Gasteiger partial charge in [-0.05, 0) is 24.0 Å². The van der Waals surface area contributed by atoms with E-state index in [1.807, 2.05) is 0 Å². The number of nitrogens with zero attached hydrogens (tertiary/aromatic N) is 2. The summed E-state index contributed by atoms with van der Waals surface area (Å²) in [5.41, 5.74) is 17.6. The Hall–Kier alpha value is -4.52. The van der Waals surface area contributed by atoms with Gasteiger partial charge in [0.05, 0.1) is 11.0 Å². The maximum Gasteiger partial charge on any atom is 0.326 e. The topological polar surface area (TPSA) is 229 Å². The summed E-state index contributed by atoms with van der Waals surface area (Å²) in [5.74, 6) is -2.68. The summed E-state index contributed by atoms with van der Waals surface area (Å²) < 4.78 is 0. The van der Waals surface area contributed by atoms with Crippen LogP contribution in [0.1, 0.15) is 24.0 Å². The maximum atomic E-state index is 13.1. The Morgan fingerprint density at radius 3 is 2.05 bits per heavy atom. The number of guanidine groups is 1. The van der Waals surface area contributed by atoms with Crippen molar-refractivity contribution in [1.82, 2.24) is 10.6 Å². The summed E-state index contributed by atoms with van der Waals surface area (Å²) in [5, 5.41) is 25.6. The van der Waals surface area contributed by atoms with Gasteiger partial charge in [-0.15, -0.1) is 0 Å². The van der Waals surface area contributed by atoms with Crippen molar-refractivity contribution < 1.29 is 24.4 Å². The number of nitrogens with two attached hydrogens (primary N) is 3. The Kier molecular flexibility index (Phi) is 11.0. The van der Waals surface area contributed by atoms with Gasteiger partial charge in [-0.1, -0.05) is 42.5 Å². The third-order valence-electron chi connectivity index (χ3n) is 5.42. The zero-order valence-corrected chi connectivity index (χ0v) is 20.1. The normalized spacial score (nSPS) is 13.0. The van der Waals surface area contributed by atoms with Crippen molar-refractivity contribution in [3.63, 3.8) is 0 Å². The molecule has 3 atom stereocenters. The Morgan fingerprint density at radius 1 is 0.919 bits per heavy atom. The van der Waals surface area contributed by atoms with Crippen LogP contribution in [0.3, 0.4) is 0 Å². The van der Waals surface area contributed by atoms with Crippen LogP contribution in [0.25, 0.3) is 0 Å². The smallest absolute Gasteiger partial charge is 0.326 e. The number of benzene rings is 2. The third-order valence-corrected chi connectivity index (χ3v) is 5.42. The van der Waals surface area contributed by atoms with Gasteiger partial charge in [-0.3, -0.25) is 24.7 Å². The first-order valence-electron chi connectivity index (χ1n) is 11.5. The first-order chi connectivity index (χ1) is 17.6. The SMILES string of the molecule is NC(N)=NCCCC(N)C(=O)N[C@@H](Cc1ccc([N+](=O)[O-])cc1)C(=O)N[C@@H](Cc1ccccc1)C(=O)O. The van der Waals surface area contributed by atoms with Gasteiger partial charge in [0.15, 0.2) is 5.96 Å². The second-order valence-electron chi connectivity index (χ2n) is 8.33. The number of hydrogen-bond acceptors (Lipinski definition) is 7. The van der Waals surface area contributed by atoms with Crippen molar-refractivity contribution >= 4 is 29.4 Å².